The number of rotatable bonds is 3. The Morgan fingerprint density at radius 1 is 1.44 bits per heavy atom. The molecular weight excluding hydrogens is 234 g/mol. The standard InChI is InChI=1S/C12H17N3O3/c1-14-8-10(7-13-14)12(18)15-4-2-9(3-5-15)6-11(16)17/h7-9H,2-6H2,1H3,(H,16,17). The third kappa shape index (κ3) is 2.88. The first kappa shape index (κ1) is 12.6. The molecule has 1 aliphatic rings. The van der Waals surface area contributed by atoms with Crippen molar-refractivity contribution in [2.45, 2.75) is 19.3 Å². The minimum absolute atomic E-state index is 0.0168. The van der Waals surface area contributed by atoms with Crippen molar-refractivity contribution < 1.29 is 14.7 Å². The summed E-state index contributed by atoms with van der Waals surface area (Å²) in [7, 11) is 1.77. The third-order valence-corrected chi connectivity index (χ3v) is 3.32. The zero-order valence-corrected chi connectivity index (χ0v) is 10.4. The van der Waals surface area contributed by atoms with Gasteiger partial charge in [-0.15, -0.1) is 0 Å². The van der Waals surface area contributed by atoms with Crippen LogP contribution in [-0.2, 0) is 11.8 Å². The van der Waals surface area contributed by atoms with E-state index in [9.17, 15) is 9.59 Å². The van der Waals surface area contributed by atoms with E-state index in [2.05, 4.69) is 5.10 Å². The predicted molar refractivity (Wildman–Crippen MR) is 64.1 cm³/mol. The maximum absolute atomic E-state index is 12.1. The Bertz CT molecular complexity index is 447. The molecule has 0 aliphatic carbocycles. The lowest BCUT2D eigenvalue weighted by molar-refractivity contribution is -0.138. The van der Waals surface area contributed by atoms with Gasteiger partial charge < -0.3 is 10.0 Å². The van der Waals surface area contributed by atoms with E-state index in [0.29, 0.717) is 18.7 Å². The Balaban J connectivity index is 1.90. The van der Waals surface area contributed by atoms with Crippen LogP contribution in [0.15, 0.2) is 12.4 Å². The Labute approximate surface area is 105 Å². The van der Waals surface area contributed by atoms with E-state index in [-0.39, 0.29) is 18.2 Å². The van der Waals surface area contributed by atoms with Crippen molar-refractivity contribution in [3.63, 3.8) is 0 Å². The summed E-state index contributed by atoms with van der Waals surface area (Å²) in [5.74, 6) is -0.579. The molecule has 0 spiro atoms. The van der Waals surface area contributed by atoms with Gasteiger partial charge >= 0.3 is 5.97 Å². The van der Waals surface area contributed by atoms with Crippen LogP contribution in [0.25, 0.3) is 0 Å². The predicted octanol–water partition coefficient (Wildman–Crippen LogP) is 0.747. The number of carboxylic acids is 1. The van der Waals surface area contributed by atoms with Gasteiger partial charge in [-0.3, -0.25) is 14.3 Å². The van der Waals surface area contributed by atoms with Gasteiger partial charge in [0.15, 0.2) is 0 Å². The Morgan fingerprint density at radius 3 is 2.61 bits per heavy atom. The number of piperidine rings is 1. The molecule has 1 aliphatic heterocycles. The van der Waals surface area contributed by atoms with Crippen LogP contribution in [-0.4, -0.2) is 44.8 Å². The summed E-state index contributed by atoms with van der Waals surface area (Å²) in [6, 6.07) is 0. The number of aromatic nitrogens is 2. The quantitative estimate of drug-likeness (QED) is 0.860. The molecule has 98 valence electrons. The van der Waals surface area contributed by atoms with Crippen molar-refractivity contribution in [1.29, 1.82) is 0 Å². The third-order valence-electron chi connectivity index (χ3n) is 3.32. The molecule has 1 N–H and O–H groups in total. The number of aliphatic carboxylic acids is 1. The SMILES string of the molecule is Cn1cc(C(=O)N2CCC(CC(=O)O)CC2)cn1. The summed E-state index contributed by atoms with van der Waals surface area (Å²) < 4.78 is 1.60. The van der Waals surface area contributed by atoms with E-state index >= 15 is 0 Å². The number of amides is 1. The minimum Gasteiger partial charge on any atom is -0.481 e. The number of hydrogen-bond donors (Lipinski definition) is 1. The molecule has 0 atom stereocenters. The maximum Gasteiger partial charge on any atom is 0.303 e. The van der Waals surface area contributed by atoms with E-state index in [1.54, 1.807) is 29.0 Å². The number of hydrogen-bond acceptors (Lipinski definition) is 3. The zero-order valence-electron chi connectivity index (χ0n) is 10.4. The van der Waals surface area contributed by atoms with Crippen molar-refractivity contribution in [2.24, 2.45) is 13.0 Å². The molecule has 0 radical (unpaired) electrons. The number of carbonyl (C=O) groups is 2. The van der Waals surface area contributed by atoms with E-state index in [0.717, 1.165) is 12.8 Å². The highest BCUT2D eigenvalue weighted by Gasteiger charge is 2.25. The second kappa shape index (κ2) is 5.20. The second-order valence-electron chi connectivity index (χ2n) is 4.74. The highest BCUT2D eigenvalue weighted by atomic mass is 16.4. The molecule has 2 rings (SSSR count). The summed E-state index contributed by atoms with van der Waals surface area (Å²) in [5.41, 5.74) is 0.592. The van der Waals surface area contributed by atoms with Crippen LogP contribution in [0.3, 0.4) is 0 Å². The van der Waals surface area contributed by atoms with Crippen LogP contribution in [0.4, 0.5) is 0 Å². The smallest absolute Gasteiger partial charge is 0.303 e. The van der Waals surface area contributed by atoms with Crippen molar-refractivity contribution in [2.75, 3.05) is 13.1 Å². The summed E-state index contributed by atoms with van der Waals surface area (Å²) in [5, 5.41) is 12.7. The zero-order chi connectivity index (χ0) is 13.1. The topological polar surface area (TPSA) is 75.4 Å². The molecule has 6 nitrogen and oxygen atoms in total. The van der Waals surface area contributed by atoms with Gasteiger partial charge in [0.1, 0.15) is 0 Å². The highest BCUT2D eigenvalue weighted by molar-refractivity contribution is 5.93. The van der Waals surface area contributed by atoms with Crippen molar-refractivity contribution >= 4 is 11.9 Å². The summed E-state index contributed by atoms with van der Waals surface area (Å²) >= 11 is 0. The van der Waals surface area contributed by atoms with E-state index in [1.807, 2.05) is 0 Å². The number of carbonyl (C=O) groups excluding carboxylic acids is 1. The van der Waals surface area contributed by atoms with Gasteiger partial charge in [-0.2, -0.15) is 5.10 Å². The lowest BCUT2D eigenvalue weighted by Gasteiger charge is -2.31. The molecule has 18 heavy (non-hydrogen) atoms. The van der Waals surface area contributed by atoms with Crippen LogP contribution in [0.5, 0.6) is 0 Å². The van der Waals surface area contributed by atoms with E-state index in [1.165, 1.54) is 0 Å². The van der Waals surface area contributed by atoms with Gasteiger partial charge in [-0.25, -0.2) is 0 Å². The largest absolute Gasteiger partial charge is 0.481 e. The molecule has 1 saturated heterocycles. The summed E-state index contributed by atoms with van der Waals surface area (Å²) in [6.45, 7) is 1.26. The van der Waals surface area contributed by atoms with Gasteiger partial charge in [0.25, 0.3) is 5.91 Å². The lowest BCUT2D eigenvalue weighted by Crippen LogP contribution is -2.38. The Kier molecular flexibility index (Phi) is 3.64. The second-order valence-corrected chi connectivity index (χ2v) is 4.74. The average molecular weight is 251 g/mol. The molecule has 1 aromatic heterocycles. The maximum atomic E-state index is 12.1. The first-order valence-electron chi connectivity index (χ1n) is 6.06. The number of likely N-dealkylation sites (tertiary alicyclic amines) is 1. The van der Waals surface area contributed by atoms with Crippen molar-refractivity contribution in [3.8, 4) is 0 Å². The van der Waals surface area contributed by atoms with Gasteiger partial charge in [-0.1, -0.05) is 0 Å². The number of aryl methyl sites for hydroxylation is 1. The molecule has 0 bridgehead atoms. The molecule has 2 heterocycles. The first-order valence-corrected chi connectivity index (χ1v) is 6.06. The fourth-order valence-electron chi connectivity index (χ4n) is 2.30. The van der Waals surface area contributed by atoms with Gasteiger partial charge in [0, 0.05) is 32.8 Å². The Hall–Kier alpha value is -1.85. The fraction of sp³-hybridized carbons (Fsp3) is 0.583. The molecule has 6 heteroatoms. The normalized spacial score (nSPS) is 16.8. The average Bonchev–Trinajstić information content (AvgIpc) is 2.75. The number of nitrogens with zero attached hydrogens (tertiary/aromatic N) is 3. The first-order chi connectivity index (χ1) is 8.56. The van der Waals surface area contributed by atoms with Crippen LogP contribution in [0, 0.1) is 5.92 Å². The van der Waals surface area contributed by atoms with Crippen LogP contribution in [0.1, 0.15) is 29.6 Å². The fourth-order valence-corrected chi connectivity index (χ4v) is 2.30. The van der Waals surface area contributed by atoms with E-state index in [4.69, 9.17) is 5.11 Å². The molecule has 1 fully saturated rings. The molecule has 1 aromatic rings. The van der Waals surface area contributed by atoms with Crippen LogP contribution >= 0.6 is 0 Å². The van der Waals surface area contributed by atoms with Crippen LogP contribution in [0.2, 0.25) is 0 Å². The Morgan fingerprint density at radius 2 is 2.11 bits per heavy atom. The van der Waals surface area contributed by atoms with Gasteiger partial charge in [0.05, 0.1) is 11.8 Å². The minimum atomic E-state index is -0.757. The molecule has 1 amide bonds. The van der Waals surface area contributed by atoms with Crippen molar-refractivity contribution in [1.82, 2.24) is 14.7 Å². The molecule has 0 saturated carbocycles. The van der Waals surface area contributed by atoms with Gasteiger partial charge in [0.2, 0.25) is 0 Å². The monoisotopic (exact) mass is 251 g/mol. The molecule has 0 unspecified atom stereocenters. The molecular formula is C12H17N3O3. The summed E-state index contributed by atoms with van der Waals surface area (Å²) in [4.78, 5) is 24.5. The highest BCUT2D eigenvalue weighted by Crippen LogP contribution is 2.21. The van der Waals surface area contributed by atoms with Crippen molar-refractivity contribution in [3.05, 3.63) is 18.0 Å². The van der Waals surface area contributed by atoms with Crippen LogP contribution < -0.4 is 0 Å². The van der Waals surface area contributed by atoms with Gasteiger partial charge in [-0.05, 0) is 18.8 Å². The van der Waals surface area contributed by atoms with E-state index < -0.39 is 5.97 Å². The lowest BCUT2D eigenvalue weighted by atomic mass is 9.93. The number of carboxylic acid groups (broad SMARTS) is 1. The molecule has 0 aromatic carbocycles. The summed E-state index contributed by atoms with van der Waals surface area (Å²) in [6.07, 6.45) is 4.99.